The second-order valence-electron chi connectivity index (χ2n) is 3.63. The van der Waals surface area contributed by atoms with Crippen molar-refractivity contribution in [3.05, 3.63) is 0 Å². The third-order valence-electron chi connectivity index (χ3n) is 2.36. The maximum atomic E-state index is 11.2. The van der Waals surface area contributed by atoms with E-state index >= 15 is 0 Å². The summed E-state index contributed by atoms with van der Waals surface area (Å²) in [6, 6.07) is 0. The summed E-state index contributed by atoms with van der Waals surface area (Å²) in [6.07, 6.45) is 3.82. The molecule has 0 unspecified atom stereocenters. The molecule has 1 fully saturated rings. The van der Waals surface area contributed by atoms with Crippen molar-refractivity contribution in [2.24, 2.45) is 0 Å². The molecule has 0 aliphatic carbocycles. The molecule has 0 aromatic carbocycles. The zero-order valence-corrected chi connectivity index (χ0v) is 8.84. The molecule has 0 saturated carbocycles. The van der Waals surface area contributed by atoms with Crippen molar-refractivity contribution >= 4 is 6.09 Å². The fourth-order valence-electron chi connectivity index (χ4n) is 1.47. The predicted molar refractivity (Wildman–Crippen MR) is 55.3 cm³/mol. The number of carbonyl (C=O) groups excluding carboxylic acids is 1. The zero-order valence-electron chi connectivity index (χ0n) is 8.84. The van der Waals surface area contributed by atoms with Crippen LogP contribution in [0.25, 0.3) is 0 Å². The summed E-state index contributed by atoms with van der Waals surface area (Å²) in [4.78, 5) is 11.2. The van der Waals surface area contributed by atoms with Gasteiger partial charge < -0.3 is 15.4 Å². The van der Waals surface area contributed by atoms with E-state index < -0.39 is 0 Å². The van der Waals surface area contributed by atoms with Crippen LogP contribution >= 0.6 is 0 Å². The molecule has 0 spiro atoms. The van der Waals surface area contributed by atoms with Crippen LogP contribution < -0.4 is 10.6 Å². The van der Waals surface area contributed by atoms with Crippen LogP contribution in [0.2, 0.25) is 0 Å². The number of piperidine rings is 1. The van der Waals surface area contributed by atoms with Gasteiger partial charge in [0.2, 0.25) is 0 Å². The molecule has 82 valence electrons. The first kappa shape index (κ1) is 11.3. The fourth-order valence-corrected chi connectivity index (χ4v) is 1.47. The maximum Gasteiger partial charge on any atom is 0.407 e. The number of hydrogen-bond donors (Lipinski definition) is 2. The Bertz CT molecular complexity index is 168. The predicted octanol–water partition coefficient (Wildman–Crippen LogP) is 1.26. The van der Waals surface area contributed by atoms with E-state index in [4.69, 9.17) is 4.74 Å². The molecule has 0 aromatic rings. The first-order chi connectivity index (χ1) is 6.83. The lowest BCUT2D eigenvalue weighted by molar-refractivity contribution is 0.0794. The smallest absolute Gasteiger partial charge is 0.407 e. The number of alkyl carbamates (subject to hydrolysis) is 1. The van der Waals surface area contributed by atoms with Gasteiger partial charge in [-0.25, -0.2) is 4.79 Å². The number of rotatable bonds is 4. The monoisotopic (exact) mass is 200 g/mol. The molecule has 2 N–H and O–H groups in total. The van der Waals surface area contributed by atoms with Crippen LogP contribution in [0.1, 0.15) is 32.6 Å². The van der Waals surface area contributed by atoms with Gasteiger partial charge in [0.1, 0.15) is 6.10 Å². The first-order valence-electron chi connectivity index (χ1n) is 5.48. The number of unbranched alkanes of at least 4 members (excludes halogenated alkanes) is 1. The molecule has 0 aromatic heterocycles. The third kappa shape index (κ3) is 4.46. The highest BCUT2D eigenvalue weighted by atomic mass is 16.6. The van der Waals surface area contributed by atoms with Crippen molar-refractivity contribution in [3.8, 4) is 0 Å². The fraction of sp³-hybridized carbons (Fsp3) is 0.900. The Hall–Kier alpha value is -0.770. The molecular weight excluding hydrogens is 180 g/mol. The standard InChI is InChI=1S/C10H20N2O2/c1-2-3-6-12-10(13)14-9-4-7-11-8-5-9/h9,11H,2-8H2,1H3,(H,12,13). The van der Waals surface area contributed by atoms with Crippen molar-refractivity contribution in [2.45, 2.75) is 38.7 Å². The summed E-state index contributed by atoms with van der Waals surface area (Å²) in [6.45, 7) is 4.72. The van der Waals surface area contributed by atoms with E-state index in [1.165, 1.54) is 0 Å². The quantitative estimate of drug-likeness (QED) is 0.672. The van der Waals surface area contributed by atoms with E-state index in [-0.39, 0.29) is 12.2 Å². The minimum Gasteiger partial charge on any atom is -0.446 e. The van der Waals surface area contributed by atoms with Gasteiger partial charge in [0, 0.05) is 6.54 Å². The average molecular weight is 200 g/mol. The van der Waals surface area contributed by atoms with E-state index in [9.17, 15) is 4.79 Å². The lowest BCUT2D eigenvalue weighted by atomic mass is 10.1. The van der Waals surface area contributed by atoms with E-state index in [2.05, 4.69) is 17.6 Å². The van der Waals surface area contributed by atoms with Crippen LogP contribution in [0.15, 0.2) is 0 Å². The Morgan fingerprint density at radius 2 is 2.21 bits per heavy atom. The SMILES string of the molecule is CCCCNC(=O)OC1CCNCC1. The van der Waals surface area contributed by atoms with Crippen molar-refractivity contribution in [1.82, 2.24) is 10.6 Å². The summed E-state index contributed by atoms with van der Waals surface area (Å²) < 4.78 is 5.25. The van der Waals surface area contributed by atoms with Crippen LogP contribution in [0.5, 0.6) is 0 Å². The molecule has 1 saturated heterocycles. The van der Waals surface area contributed by atoms with Gasteiger partial charge >= 0.3 is 6.09 Å². The summed E-state index contributed by atoms with van der Waals surface area (Å²) in [5.41, 5.74) is 0. The van der Waals surface area contributed by atoms with Gasteiger partial charge in [0.15, 0.2) is 0 Å². The molecule has 4 heteroatoms. The highest BCUT2D eigenvalue weighted by molar-refractivity contribution is 5.67. The molecule has 0 bridgehead atoms. The van der Waals surface area contributed by atoms with Gasteiger partial charge in [-0.2, -0.15) is 0 Å². The van der Waals surface area contributed by atoms with Gasteiger partial charge in [-0.05, 0) is 32.4 Å². The minimum atomic E-state index is -0.259. The average Bonchev–Trinajstić information content (AvgIpc) is 2.20. The van der Waals surface area contributed by atoms with Crippen LogP contribution in [0.3, 0.4) is 0 Å². The molecule has 1 aliphatic rings. The lowest BCUT2D eigenvalue weighted by Gasteiger charge is -2.22. The summed E-state index contributed by atoms with van der Waals surface area (Å²) in [7, 11) is 0. The molecule has 0 atom stereocenters. The molecule has 4 nitrogen and oxygen atoms in total. The van der Waals surface area contributed by atoms with Gasteiger partial charge in [0.05, 0.1) is 0 Å². The van der Waals surface area contributed by atoms with Crippen molar-refractivity contribution in [3.63, 3.8) is 0 Å². The highest BCUT2D eigenvalue weighted by Gasteiger charge is 2.16. The molecule has 14 heavy (non-hydrogen) atoms. The molecular formula is C10H20N2O2. The Balaban J connectivity index is 2.06. The van der Waals surface area contributed by atoms with E-state index in [1.54, 1.807) is 0 Å². The van der Waals surface area contributed by atoms with Crippen LogP contribution in [0.4, 0.5) is 4.79 Å². The largest absolute Gasteiger partial charge is 0.446 e. The summed E-state index contributed by atoms with van der Waals surface area (Å²) in [5, 5.41) is 5.98. The molecule has 1 rings (SSSR count). The maximum absolute atomic E-state index is 11.2. The van der Waals surface area contributed by atoms with Crippen LogP contribution in [-0.2, 0) is 4.74 Å². The molecule has 0 radical (unpaired) electrons. The van der Waals surface area contributed by atoms with Gasteiger partial charge in [-0.15, -0.1) is 0 Å². The topological polar surface area (TPSA) is 50.4 Å². The third-order valence-corrected chi connectivity index (χ3v) is 2.36. The number of nitrogens with one attached hydrogen (secondary N) is 2. The van der Waals surface area contributed by atoms with Crippen molar-refractivity contribution < 1.29 is 9.53 Å². The number of amides is 1. The number of carbonyl (C=O) groups is 1. The van der Waals surface area contributed by atoms with Crippen LogP contribution in [-0.4, -0.2) is 31.8 Å². The minimum absolute atomic E-state index is 0.109. The molecule has 1 heterocycles. The number of ether oxygens (including phenoxy) is 1. The Labute approximate surface area is 85.4 Å². The van der Waals surface area contributed by atoms with E-state index in [1.807, 2.05) is 0 Å². The van der Waals surface area contributed by atoms with Gasteiger partial charge in [0.25, 0.3) is 0 Å². The highest BCUT2D eigenvalue weighted by Crippen LogP contribution is 2.06. The first-order valence-corrected chi connectivity index (χ1v) is 5.48. The Morgan fingerprint density at radius 3 is 2.86 bits per heavy atom. The van der Waals surface area contributed by atoms with Gasteiger partial charge in [-0.3, -0.25) is 0 Å². The van der Waals surface area contributed by atoms with E-state index in [0.717, 1.165) is 45.3 Å². The Kier molecular flexibility index (Phi) is 5.37. The van der Waals surface area contributed by atoms with E-state index in [0.29, 0.717) is 0 Å². The second-order valence-corrected chi connectivity index (χ2v) is 3.63. The number of hydrogen-bond acceptors (Lipinski definition) is 3. The molecule has 1 amide bonds. The second kappa shape index (κ2) is 6.65. The van der Waals surface area contributed by atoms with Crippen molar-refractivity contribution in [2.75, 3.05) is 19.6 Å². The lowest BCUT2D eigenvalue weighted by Crippen LogP contribution is -2.36. The Morgan fingerprint density at radius 1 is 1.50 bits per heavy atom. The zero-order chi connectivity index (χ0) is 10.2. The van der Waals surface area contributed by atoms with Gasteiger partial charge in [-0.1, -0.05) is 13.3 Å². The normalized spacial score (nSPS) is 17.8. The molecule has 1 aliphatic heterocycles. The summed E-state index contributed by atoms with van der Waals surface area (Å²) >= 11 is 0. The summed E-state index contributed by atoms with van der Waals surface area (Å²) in [5.74, 6) is 0. The van der Waals surface area contributed by atoms with Crippen LogP contribution in [0, 0.1) is 0 Å². The van der Waals surface area contributed by atoms with Crippen molar-refractivity contribution in [1.29, 1.82) is 0 Å².